The molecule has 2 amide bonds. The van der Waals surface area contributed by atoms with Gasteiger partial charge in [0.05, 0.1) is 0 Å². The molecule has 2 rings (SSSR count). The van der Waals surface area contributed by atoms with Crippen LogP contribution in [0.2, 0.25) is 0 Å². The largest absolute Gasteiger partial charge is 0.458 e. The minimum Gasteiger partial charge on any atom is -0.458 e. The maximum absolute atomic E-state index is 13.4. The van der Waals surface area contributed by atoms with Crippen molar-refractivity contribution in [1.82, 2.24) is 4.90 Å². The molecule has 0 aliphatic rings. The molecule has 9 heteroatoms. The van der Waals surface area contributed by atoms with Crippen LogP contribution in [0.15, 0.2) is 60.7 Å². The first-order valence-corrected chi connectivity index (χ1v) is 11.9. The summed E-state index contributed by atoms with van der Waals surface area (Å²) in [4.78, 5) is 52.9. The van der Waals surface area contributed by atoms with Crippen LogP contribution in [0, 0.1) is 0 Å². The lowest BCUT2D eigenvalue weighted by atomic mass is 9.99. The topological polar surface area (TPSA) is 108 Å². The van der Waals surface area contributed by atoms with E-state index in [1.165, 1.54) is 0 Å². The molecule has 0 aromatic heterocycles. The van der Waals surface area contributed by atoms with Crippen LogP contribution < -0.4 is 0 Å². The summed E-state index contributed by atoms with van der Waals surface area (Å²) in [6.07, 6.45) is -3.86. The zero-order chi connectivity index (χ0) is 27.8. The molecule has 0 bridgehead atoms. The Morgan fingerprint density at radius 1 is 0.757 bits per heavy atom. The van der Waals surface area contributed by atoms with Gasteiger partial charge >= 0.3 is 24.1 Å². The number of ether oxygens (including phenoxy) is 4. The Bertz CT molecular complexity index is 1040. The van der Waals surface area contributed by atoms with Crippen LogP contribution in [0.3, 0.4) is 0 Å². The number of carbonyl (C=O) groups excluding carboxylic acids is 4. The Kier molecular flexibility index (Phi) is 9.82. The van der Waals surface area contributed by atoms with Gasteiger partial charge in [-0.15, -0.1) is 0 Å². The van der Waals surface area contributed by atoms with Crippen LogP contribution in [0.1, 0.15) is 65.6 Å². The van der Waals surface area contributed by atoms with Crippen molar-refractivity contribution in [1.29, 1.82) is 0 Å². The summed E-state index contributed by atoms with van der Waals surface area (Å²) in [6.45, 7) is 10.8. The van der Waals surface area contributed by atoms with E-state index in [1.54, 1.807) is 96.1 Å². The Labute approximate surface area is 217 Å². The molecule has 0 fully saturated rings. The molecular weight excluding hydrogens is 478 g/mol. The first-order valence-electron chi connectivity index (χ1n) is 11.9. The van der Waals surface area contributed by atoms with Crippen LogP contribution in [0.25, 0.3) is 0 Å². The van der Waals surface area contributed by atoms with Crippen LogP contribution in [-0.2, 0) is 35.1 Å². The van der Waals surface area contributed by atoms with E-state index in [9.17, 15) is 19.2 Å². The molecule has 0 heterocycles. The van der Waals surface area contributed by atoms with E-state index in [1.807, 2.05) is 6.07 Å². The van der Waals surface area contributed by atoms with Gasteiger partial charge in [-0.3, -0.25) is 4.79 Å². The SMILES string of the molecule is CC(=O)O[C@@H](C(=O)OCc1ccccc1)[C@H](c1ccccc1)N(C(=O)OC(C)(C)C)C(=O)OC(C)(C)C. The number of rotatable bonds is 7. The molecule has 0 unspecified atom stereocenters. The highest BCUT2D eigenvalue weighted by molar-refractivity contribution is 5.90. The van der Waals surface area contributed by atoms with E-state index in [2.05, 4.69) is 0 Å². The quantitative estimate of drug-likeness (QED) is 0.349. The fourth-order valence-electron chi connectivity index (χ4n) is 3.26. The maximum Gasteiger partial charge on any atom is 0.420 e. The summed E-state index contributed by atoms with van der Waals surface area (Å²) >= 11 is 0. The lowest BCUT2D eigenvalue weighted by molar-refractivity contribution is -0.172. The minimum absolute atomic E-state index is 0.113. The van der Waals surface area contributed by atoms with Crippen LogP contribution in [0.4, 0.5) is 9.59 Å². The minimum atomic E-state index is -1.70. The first-order chi connectivity index (χ1) is 17.2. The van der Waals surface area contributed by atoms with Gasteiger partial charge in [0.2, 0.25) is 6.10 Å². The molecule has 0 aliphatic heterocycles. The van der Waals surface area contributed by atoms with Crippen molar-refractivity contribution in [3.63, 3.8) is 0 Å². The van der Waals surface area contributed by atoms with Crippen molar-refractivity contribution in [2.75, 3.05) is 0 Å². The third-order valence-electron chi connectivity index (χ3n) is 4.64. The Hall–Kier alpha value is -3.88. The Morgan fingerprint density at radius 2 is 1.22 bits per heavy atom. The van der Waals surface area contributed by atoms with Gasteiger partial charge in [-0.1, -0.05) is 60.7 Å². The molecular formula is C28H35NO8. The van der Waals surface area contributed by atoms with E-state index in [4.69, 9.17) is 18.9 Å². The summed E-state index contributed by atoms with van der Waals surface area (Å²) in [5.41, 5.74) is -0.945. The molecule has 2 aromatic rings. The average molecular weight is 514 g/mol. The predicted octanol–water partition coefficient (Wildman–Crippen LogP) is 5.58. The average Bonchev–Trinajstić information content (AvgIpc) is 2.78. The van der Waals surface area contributed by atoms with Gasteiger partial charge in [-0.25, -0.2) is 19.3 Å². The van der Waals surface area contributed by atoms with Crippen molar-refractivity contribution in [3.05, 3.63) is 71.8 Å². The fourth-order valence-corrected chi connectivity index (χ4v) is 3.26. The zero-order valence-electron chi connectivity index (χ0n) is 22.3. The molecule has 9 nitrogen and oxygen atoms in total. The molecule has 0 N–H and O–H groups in total. The number of carbonyl (C=O) groups is 4. The maximum atomic E-state index is 13.4. The third-order valence-corrected chi connectivity index (χ3v) is 4.64. The van der Waals surface area contributed by atoms with Crippen molar-refractivity contribution in [2.24, 2.45) is 0 Å². The highest BCUT2D eigenvalue weighted by atomic mass is 16.6. The molecule has 0 aliphatic carbocycles. The van der Waals surface area contributed by atoms with E-state index in [-0.39, 0.29) is 6.61 Å². The Morgan fingerprint density at radius 3 is 1.65 bits per heavy atom. The van der Waals surface area contributed by atoms with Gasteiger partial charge in [0, 0.05) is 6.92 Å². The molecule has 200 valence electrons. The number of esters is 2. The van der Waals surface area contributed by atoms with Gasteiger partial charge in [0.25, 0.3) is 0 Å². The highest BCUT2D eigenvalue weighted by Gasteiger charge is 2.46. The number of imide groups is 1. The molecule has 0 saturated carbocycles. The summed E-state index contributed by atoms with van der Waals surface area (Å²) in [5.74, 6) is -1.76. The van der Waals surface area contributed by atoms with Crippen molar-refractivity contribution < 1.29 is 38.1 Å². The highest BCUT2D eigenvalue weighted by Crippen LogP contribution is 2.31. The Balaban J connectivity index is 2.60. The van der Waals surface area contributed by atoms with E-state index < -0.39 is 47.5 Å². The lowest BCUT2D eigenvalue weighted by Crippen LogP contribution is -2.51. The summed E-state index contributed by atoms with van der Waals surface area (Å²) in [7, 11) is 0. The second kappa shape index (κ2) is 12.4. The van der Waals surface area contributed by atoms with Gasteiger partial charge in [-0.05, 0) is 52.7 Å². The molecule has 2 aromatic carbocycles. The number of nitrogens with zero attached hydrogens (tertiary/aromatic N) is 1. The van der Waals surface area contributed by atoms with E-state index >= 15 is 0 Å². The fraction of sp³-hybridized carbons (Fsp3) is 0.429. The van der Waals surface area contributed by atoms with Crippen LogP contribution in [0.5, 0.6) is 0 Å². The number of hydrogen-bond donors (Lipinski definition) is 0. The molecule has 0 saturated heterocycles. The van der Waals surface area contributed by atoms with Crippen molar-refractivity contribution in [2.45, 2.75) is 78.4 Å². The molecule has 2 atom stereocenters. The van der Waals surface area contributed by atoms with E-state index in [0.29, 0.717) is 16.0 Å². The monoisotopic (exact) mass is 513 g/mol. The summed E-state index contributed by atoms with van der Waals surface area (Å²) < 4.78 is 21.8. The standard InChI is InChI=1S/C28H35NO8/c1-19(30)35-23(24(31)34-18-20-14-10-8-11-15-20)22(21-16-12-9-13-17-21)29(25(32)36-27(2,3)4)26(33)37-28(5,6)7/h8-17,22-23H,18H2,1-7H3/t22-,23+/m0/s1. The number of hydrogen-bond acceptors (Lipinski definition) is 8. The molecule has 37 heavy (non-hydrogen) atoms. The third kappa shape index (κ3) is 9.59. The van der Waals surface area contributed by atoms with Gasteiger partial charge < -0.3 is 18.9 Å². The summed E-state index contributed by atoms with van der Waals surface area (Å²) in [5, 5.41) is 0. The van der Waals surface area contributed by atoms with Gasteiger partial charge in [0.1, 0.15) is 23.9 Å². The van der Waals surface area contributed by atoms with Crippen molar-refractivity contribution >= 4 is 24.1 Å². The first kappa shape index (κ1) is 29.4. The second-order valence-corrected chi connectivity index (χ2v) is 10.3. The molecule has 0 spiro atoms. The normalized spacial score (nSPS) is 13.1. The zero-order valence-corrected chi connectivity index (χ0v) is 22.3. The van der Waals surface area contributed by atoms with E-state index in [0.717, 1.165) is 6.92 Å². The number of benzene rings is 2. The van der Waals surface area contributed by atoms with Gasteiger partial charge in [-0.2, -0.15) is 0 Å². The van der Waals surface area contributed by atoms with Gasteiger partial charge in [0.15, 0.2) is 0 Å². The lowest BCUT2D eigenvalue weighted by Gasteiger charge is -2.36. The van der Waals surface area contributed by atoms with Crippen molar-refractivity contribution in [3.8, 4) is 0 Å². The smallest absolute Gasteiger partial charge is 0.420 e. The summed E-state index contributed by atoms with van der Waals surface area (Å²) in [6, 6.07) is 15.7. The predicted molar refractivity (Wildman–Crippen MR) is 135 cm³/mol. The second-order valence-electron chi connectivity index (χ2n) is 10.3. The number of amides is 2. The van der Waals surface area contributed by atoms with Crippen LogP contribution >= 0.6 is 0 Å². The molecule has 0 radical (unpaired) electrons. The van der Waals surface area contributed by atoms with Crippen LogP contribution in [-0.4, -0.2) is 46.3 Å².